The molecule has 1 unspecified atom stereocenters. The van der Waals surface area contributed by atoms with Crippen LogP contribution in [0.1, 0.15) is 61.9 Å². The van der Waals surface area contributed by atoms with Gasteiger partial charge in [-0.25, -0.2) is 9.48 Å². The van der Waals surface area contributed by atoms with E-state index in [1.807, 2.05) is 74.5 Å². The molecule has 0 fully saturated rings. The van der Waals surface area contributed by atoms with Crippen LogP contribution in [0.3, 0.4) is 0 Å². The van der Waals surface area contributed by atoms with Gasteiger partial charge < -0.3 is 19.5 Å². The second-order valence-electron chi connectivity index (χ2n) is 10.3. The lowest BCUT2D eigenvalue weighted by molar-refractivity contribution is -0.140. The third kappa shape index (κ3) is 7.22. The average molecular weight is 599 g/mol. The first kappa shape index (κ1) is 30.2. The molecule has 1 atom stereocenters. The molecule has 224 valence electrons. The number of unbranched alkanes of at least 4 members (excludes halogenated alkanes) is 1. The van der Waals surface area contributed by atoms with Gasteiger partial charge >= 0.3 is 5.97 Å². The van der Waals surface area contributed by atoms with Gasteiger partial charge in [-0.1, -0.05) is 85.8 Å². The number of carbonyl (C=O) groups excluding carboxylic acids is 1. The van der Waals surface area contributed by atoms with Crippen LogP contribution in [0.5, 0.6) is 11.5 Å². The molecule has 0 saturated carbocycles. The average Bonchev–Trinajstić information content (AvgIpc) is 3.42. The summed E-state index contributed by atoms with van der Waals surface area (Å²) in [6.45, 7) is 9.09. The van der Waals surface area contributed by atoms with Crippen LogP contribution in [0.15, 0.2) is 89.2 Å². The van der Waals surface area contributed by atoms with E-state index in [1.165, 1.54) is 0 Å². The lowest BCUT2D eigenvalue weighted by Crippen LogP contribution is -2.29. The van der Waals surface area contributed by atoms with Crippen molar-refractivity contribution >= 4 is 23.7 Å². The number of aryl methyl sites for hydroxylation is 1. The van der Waals surface area contributed by atoms with Gasteiger partial charge in [0, 0.05) is 11.4 Å². The summed E-state index contributed by atoms with van der Waals surface area (Å²) in [6.07, 6.45) is 2.17. The number of carbonyl (C=O) groups is 1. The number of anilines is 1. The molecule has 1 aliphatic rings. The van der Waals surface area contributed by atoms with E-state index in [0.717, 1.165) is 40.8 Å². The normalized spacial score (nSPS) is 14.2. The van der Waals surface area contributed by atoms with E-state index in [1.54, 1.807) is 16.4 Å². The summed E-state index contributed by atoms with van der Waals surface area (Å²) in [4.78, 5) is 18.5. The summed E-state index contributed by atoms with van der Waals surface area (Å²) in [5.74, 6) is 2.31. The number of esters is 1. The Morgan fingerprint density at radius 1 is 0.953 bits per heavy atom. The maximum absolute atomic E-state index is 13.7. The van der Waals surface area contributed by atoms with Gasteiger partial charge in [-0.15, -0.1) is 5.10 Å². The monoisotopic (exact) mass is 598 g/mol. The Kier molecular flexibility index (Phi) is 10.0. The summed E-state index contributed by atoms with van der Waals surface area (Å²) in [5, 5.41) is 8.80. The number of hydrogen-bond acceptors (Lipinski definition) is 8. The standard InChI is InChI=1S/C34H38N4O4S/c1-5-7-19-43-34-36-33-35-24(4)30(32(39)42-21-25-14-9-8-10-15-25)31(38(33)37-34)26-17-18-28(29(20-26)40-6-2)41-22-27-16-12-11-13-23(27)3/h8-18,20,31H,5-7,19,21-22H2,1-4H3,(H,35,36,37). The van der Waals surface area contributed by atoms with Crippen molar-refractivity contribution in [1.29, 1.82) is 0 Å². The van der Waals surface area contributed by atoms with E-state index in [4.69, 9.17) is 24.3 Å². The van der Waals surface area contributed by atoms with Gasteiger partial charge in [0.1, 0.15) is 19.3 Å². The zero-order chi connectivity index (χ0) is 30.2. The molecule has 0 saturated heterocycles. The molecule has 0 amide bonds. The summed E-state index contributed by atoms with van der Waals surface area (Å²) in [7, 11) is 0. The number of fused-ring (bicyclic) bond motifs is 1. The molecule has 1 aromatic heterocycles. The maximum atomic E-state index is 13.7. The van der Waals surface area contributed by atoms with E-state index in [0.29, 0.717) is 47.1 Å². The number of nitrogens with one attached hydrogen (secondary N) is 1. The van der Waals surface area contributed by atoms with Crippen molar-refractivity contribution in [2.45, 2.75) is 64.9 Å². The van der Waals surface area contributed by atoms with Crippen molar-refractivity contribution in [2.24, 2.45) is 0 Å². The van der Waals surface area contributed by atoms with Crippen LogP contribution in [-0.4, -0.2) is 33.1 Å². The van der Waals surface area contributed by atoms with Crippen LogP contribution in [0.4, 0.5) is 5.95 Å². The highest BCUT2D eigenvalue weighted by molar-refractivity contribution is 7.99. The number of allylic oxidation sites excluding steroid dienone is 1. The van der Waals surface area contributed by atoms with Crippen LogP contribution in [-0.2, 0) is 22.7 Å². The molecule has 0 radical (unpaired) electrons. The van der Waals surface area contributed by atoms with Gasteiger partial charge in [-0.2, -0.15) is 4.98 Å². The van der Waals surface area contributed by atoms with Crippen molar-refractivity contribution in [3.63, 3.8) is 0 Å². The van der Waals surface area contributed by atoms with Crippen LogP contribution in [0, 0.1) is 6.92 Å². The molecule has 1 N–H and O–H groups in total. The first-order valence-corrected chi connectivity index (χ1v) is 15.7. The number of benzene rings is 3. The highest BCUT2D eigenvalue weighted by atomic mass is 32.2. The van der Waals surface area contributed by atoms with Crippen molar-refractivity contribution in [1.82, 2.24) is 14.8 Å². The molecule has 5 rings (SSSR count). The van der Waals surface area contributed by atoms with Gasteiger partial charge in [-0.3, -0.25) is 0 Å². The zero-order valence-corrected chi connectivity index (χ0v) is 25.9. The second kappa shape index (κ2) is 14.3. The third-order valence-electron chi connectivity index (χ3n) is 7.22. The van der Waals surface area contributed by atoms with Gasteiger partial charge in [0.15, 0.2) is 11.5 Å². The Morgan fingerprint density at radius 2 is 1.74 bits per heavy atom. The second-order valence-corrected chi connectivity index (χ2v) is 11.4. The number of nitrogens with zero attached hydrogens (tertiary/aromatic N) is 3. The topological polar surface area (TPSA) is 87.5 Å². The predicted octanol–water partition coefficient (Wildman–Crippen LogP) is 7.49. The number of ether oxygens (including phenoxy) is 3. The predicted molar refractivity (Wildman–Crippen MR) is 169 cm³/mol. The van der Waals surface area contributed by atoms with E-state index in [9.17, 15) is 4.79 Å². The molecular formula is C34H38N4O4S. The molecule has 0 bridgehead atoms. The fourth-order valence-electron chi connectivity index (χ4n) is 4.88. The Labute approximate surface area is 257 Å². The van der Waals surface area contributed by atoms with E-state index < -0.39 is 12.0 Å². The number of hydrogen-bond donors (Lipinski definition) is 1. The Bertz CT molecular complexity index is 1580. The highest BCUT2D eigenvalue weighted by Gasteiger charge is 2.36. The van der Waals surface area contributed by atoms with Gasteiger partial charge in [-0.05, 0) is 61.6 Å². The van der Waals surface area contributed by atoms with E-state index in [-0.39, 0.29) is 6.61 Å². The highest BCUT2D eigenvalue weighted by Crippen LogP contribution is 2.40. The smallest absolute Gasteiger partial charge is 0.338 e. The first-order valence-electron chi connectivity index (χ1n) is 14.7. The van der Waals surface area contributed by atoms with E-state index >= 15 is 0 Å². The molecule has 9 heteroatoms. The van der Waals surface area contributed by atoms with Crippen molar-refractivity contribution in [3.05, 3.63) is 106 Å². The minimum atomic E-state index is -0.572. The molecule has 0 aliphatic carbocycles. The summed E-state index contributed by atoms with van der Waals surface area (Å²) < 4.78 is 19.9. The summed E-state index contributed by atoms with van der Waals surface area (Å²) in [6, 6.07) is 23.0. The number of thioether (sulfide) groups is 1. The summed E-state index contributed by atoms with van der Waals surface area (Å²) >= 11 is 1.61. The van der Waals surface area contributed by atoms with Gasteiger partial charge in [0.25, 0.3) is 0 Å². The Morgan fingerprint density at radius 3 is 2.51 bits per heavy atom. The molecule has 1 aliphatic heterocycles. The molecule has 4 aromatic rings. The molecule has 3 aromatic carbocycles. The lowest BCUT2D eigenvalue weighted by atomic mass is 9.95. The largest absolute Gasteiger partial charge is 0.490 e. The van der Waals surface area contributed by atoms with Crippen molar-refractivity contribution < 1.29 is 19.0 Å². The first-order chi connectivity index (χ1) is 21.0. The molecular weight excluding hydrogens is 560 g/mol. The molecule has 8 nitrogen and oxygen atoms in total. The Balaban J connectivity index is 1.49. The third-order valence-corrected chi connectivity index (χ3v) is 8.15. The minimum absolute atomic E-state index is 0.168. The van der Waals surface area contributed by atoms with Crippen LogP contribution >= 0.6 is 11.8 Å². The fourth-order valence-corrected chi connectivity index (χ4v) is 5.80. The lowest BCUT2D eigenvalue weighted by Gasteiger charge is -2.28. The quantitative estimate of drug-likeness (QED) is 0.0962. The van der Waals surface area contributed by atoms with Crippen LogP contribution in [0.25, 0.3) is 0 Å². The van der Waals surface area contributed by atoms with Gasteiger partial charge in [0.2, 0.25) is 11.1 Å². The maximum Gasteiger partial charge on any atom is 0.338 e. The molecule has 2 heterocycles. The van der Waals surface area contributed by atoms with E-state index in [2.05, 4.69) is 31.3 Å². The van der Waals surface area contributed by atoms with Gasteiger partial charge in [0.05, 0.1) is 12.2 Å². The number of aromatic nitrogens is 3. The minimum Gasteiger partial charge on any atom is -0.490 e. The van der Waals surface area contributed by atoms with Crippen LogP contribution in [0.2, 0.25) is 0 Å². The van der Waals surface area contributed by atoms with Crippen molar-refractivity contribution in [3.8, 4) is 11.5 Å². The zero-order valence-electron chi connectivity index (χ0n) is 25.1. The summed E-state index contributed by atoms with van der Waals surface area (Å²) in [5.41, 5.74) is 5.14. The fraction of sp³-hybridized carbons (Fsp3) is 0.324. The Hall–Kier alpha value is -4.24. The molecule has 0 spiro atoms. The number of rotatable bonds is 13. The van der Waals surface area contributed by atoms with Crippen LogP contribution < -0.4 is 14.8 Å². The molecule has 43 heavy (non-hydrogen) atoms. The SMILES string of the molecule is CCCCSc1nc2n(n1)C(c1ccc(OCc3ccccc3C)c(OCC)c1)C(C(=O)OCc1ccccc1)=C(C)N2. The van der Waals surface area contributed by atoms with Crippen molar-refractivity contribution in [2.75, 3.05) is 17.7 Å².